The van der Waals surface area contributed by atoms with E-state index in [1.807, 2.05) is 37.3 Å². The summed E-state index contributed by atoms with van der Waals surface area (Å²) in [5.74, 6) is -0.468. The fourth-order valence-corrected chi connectivity index (χ4v) is 3.89. The fourth-order valence-electron chi connectivity index (χ4n) is 3.89. The number of amides is 4. The molecule has 172 valence electrons. The number of nitriles is 1. The van der Waals surface area contributed by atoms with E-state index in [1.165, 1.54) is 6.92 Å². The quantitative estimate of drug-likeness (QED) is 0.632. The highest BCUT2D eigenvalue weighted by Crippen LogP contribution is 2.15. The second kappa shape index (κ2) is 11.1. The van der Waals surface area contributed by atoms with Crippen molar-refractivity contribution < 1.29 is 14.4 Å². The van der Waals surface area contributed by atoms with Crippen LogP contribution in [0.1, 0.15) is 36.5 Å². The second-order valence-electron chi connectivity index (χ2n) is 8.34. The van der Waals surface area contributed by atoms with Crippen molar-refractivity contribution in [3.63, 3.8) is 0 Å². The van der Waals surface area contributed by atoms with E-state index in [0.717, 1.165) is 11.1 Å². The third kappa shape index (κ3) is 7.07. The first-order valence-corrected chi connectivity index (χ1v) is 11.0. The largest absolute Gasteiger partial charge is 0.351 e. The summed E-state index contributed by atoms with van der Waals surface area (Å²) in [7, 11) is 0. The molecule has 8 heteroatoms. The number of hydrogen-bond acceptors (Lipinski definition) is 4. The van der Waals surface area contributed by atoms with Crippen LogP contribution >= 0.6 is 0 Å². The maximum atomic E-state index is 12.9. The number of likely N-dealkylation sites (tertiary alicyclic amines) is 1. The summed E-state index contributed by atoms with van der Waals surface area (Å²) >= 11 is 0. The molecular weight excluding hydrogens is 418 g/mol. The Kier molecular flexibility index (Phi) is 8.03. The minimum absolute atomic E-state index is 0.0646. The van der Waals surface area contributed by atoms with Crippen LogP contribution in [0.2, 0.25) is 0 Å². The molecule has 3 N–H and O–H groups in total. The van der Waals surface area contributed by atoms with Crippen LogP contribution in [-0.2, 0) is 16.0 Å². The maximum absolute atomic E-state index is 12.9. The Morgan fingerprint density at radius 1 is 1.12 bits per heavy atom. The Balaban J connectivity index is 1.51. The highest BCUT2D eigenvalue weighted by molar-refractivity contribution is 5.89. The third-order valence-electron chi connectivity index (χ3n) is 5.61. The molecule has 1 saturated heterocycles. The van der Waals surface area contributed by atoms with Crippen LogP contribution in [0.25, 0.3) is 0 Å². The highest BCUT2D eigenvalue weighted by atomic mass is 16.2. The lowest BCUT2D eigenvalue weighted by Gasteiger charge is -2.33. The molecule has 0 radical (unpaired) electrons. The summed E-state index contributed by atoms with van der Waals surface area (Å²) in [4.78, 5) is 38.8. The third-order valence-corrected chi connectivity index (χ3v) is 5.61. The molecule has 0 aromatic heterocycles. The van der Waals surface area contributed by atoms with Crippen molar-refractivity contribution in [2.45, 2.75) is 45.2 Å². The minimum Gasteiger partial charge on any atom is -0.351 e. The van der Waals surface area contributed by atoms with Crippen molar-refractivity contribution >= 4 is 23.5 Å². The first-order chi connectivity index (χ1) is 15.8. The molecular formula is C25H29N5O3. The van der Waals surface area contributed by atoms with Gasteiger partial charge in [-0.05, 0) is 49.6 Å². The molecule has 1 fully saturated rings. The number of urea groups is 1. The second-order valence-corrected chi connectivity index (χ2v) is 8.34. The SMILES string of the molecule is CC(=O)N[C@H](Cc1cccc(C)c1)C(=O)NC1CCN(C(=O)Nc2ccc(C#N)cc2)CC1. The topological polar surface area (TPSA) is 114 Å². The molecule has 33 heavy (non-hydrogen) atoms. The molecule has 0 aliphatic carbocycles. The van der Waals surface area contributed by atoms with Crippen LogP contribution in [0.3, 0.4) is 0 Å². The number of aryl methyl sites for hydroxylation is 1. The van der Waals surface area contributed by atoms with E-state index in [0.29, 0.717) is 43.6 Å². The fraction of sp³-hybridized carbons (Fsp3) is 0.360. The van der Waals surface area contributed by atoms with Crippen LogP contribution in [0.4, 0.5) is 10.5 Å². The lowest BCUT2D eigenvalue weighted by Crippen LogP contribution is -2.53. The zero-order valence-electron chi connectivity index (χ0n) is 18.9. The van der Waals surface area contributed by atoms with Gasteiger partial charge in [0.25, 0.3) is 0 Å². The Labute approximate surface area is 194 Å². The van der Waals surface area contributed by atoms with Gasteiger partial charge in [0.1, 0.15) is 6.04 Å². The van der Waals surface area contributed by atoms with Crippen LogP contribution in [0, 0.1) is 18.3 Å². The number of piperidine rings is 1. The van der Waals surface area contributed by atoms with Gasteiger partial charge in [0, 0.05) is 38.2 Å². The van der Waals surface area contributed by atoms with Crippen molar-refractivity contribution in [2.24, 2.45) is 0 Å². The van der Waals surface area contributed by atoms with Crippen molar-refractivity contribution in [3.8, 4) is 6.07 Å². The van der Waals surface area contributed by atoms with E-state index in [1.54, 1.807) is 29.2 Å². The molecule has 1 aliphatic heterocycles. The molecule has 0 saturated carbocycles. The number of nitrogens with zero attached hydrogens (tertiary/aromatic N) is 2. The van der Waals surface area contributed by atoms with E-state index in [9.17, 15) is 14.4 Å². The van der Waals surface area contributed by atoms with Crippen molar-refractivity contribution in [1.82, 2.24) is 15.5 Å². The number of hydrogen-bond donors (Lipinski definition) is 3. The zero-order chi connectivity index (χ0) is 23.8. The lowest BCUT2D eigenvalue weighted by molar-refractivity contribution is -0.128. The number of rotatable bonds is 6. The Bertz CT molecular complexity index is 1040. The number of anilines is 1. The van der Waals surface area contributed by atoms with Gasteiger partial charge in [0.05, 0.1) is 11.6 Å². The average Bonchev–Trinajstić information content (AvgIpc) is 2.79. The van der Waals surface area contributed by atoms with Crippen molar-refractivity contribution in [1.29, 1.82) is 5.26 Å². The molecule has 1 heterocycles. The monoisotopic (exact) mass is 447 g/mol. The number of carbonyl (C=O) groups excluding carboxylic acids is 3. The summed E-state index contributed by atoms with van der Waals surface area (Å²) in [6.45, 7) is 4.41. The lowest BCUT2D eigenvalue weighted by atomic mass is 10.0. The van der Waals surface area contributed by atoms with E-state index in [-0.39, 0.29) is 23.9 Å². The average molecular weight is 448 g/mol. The number of nitrogens with one attached hydrogen (secondary N) is 3. The van der Waals surface area contributed by atoms with Crippen molar-refractivity contribution in [2.75, 3.05) is 18.4 Å². The predicted octanol–water partition coefficient (Wildman–Crippen LogP) is 2.73. The van der Waals surface area contributed by atoms with E-state index in [2.05, 4.69) is 16.0 Å². The summed E-state index contributed by atoms with van der Waals surface area (Å²) in [5.41, 5.74) is 3.24. The van der Waals surface area contributed by atoms with E-state index < -0.39 is 6.04 Å². The van der Waals surface area contributed by atoms with Gasteiger partial charge < -0.3 is 20.9 Å². The Hall–Kier alpha value is -3.86. The molecule has 2 aromatic carbocycles. The van der Waals surface area contributed by atoms with Gasteiger partial charge in [-0.15, -0.1) is 0 Å². The van der Waals surface area contributed by atoms with Gasteiger partial charge in [-0.3, -0.25) is 9.59 Å². The molecule has 4 amide bonds. The normalized spacial score (nSPS) is 14.6. The highest BCUT2D eigenvalue weighted by Gasteiger charge is 2.27. The summed E-state index contributed by atoms with van der Waals surface area (Å²) < 4.78 is 0. The molecule has 8 nitrogen and oxygen atoms in total. The van der Waals surface area contributed by atoms with E-state index in [4.69, 9.17) is 5.26 Å². The van der Waals surface area contributed by atoms with Crippen molar-refractivity contribution in [3.05, 3.63) is 65.2 Å². The van der Waals surface area contributed by atoms with Gasteiger partial charge in [-0.2, -0.15) is 5.26 Å². The summed E-state index contributed by atoms with van der Waals surface area (Å²) in [5, 5.41) is 17.5. The first kappa shape index (κ1) is 23.8. The van der Waals surface area contributed by atoms with Crippen LogP contribution in [-0.4, -0.2) is 47.9 Å². The standard InChI is InChI=1S/C25H29N5O3/c1-17-4-3-5-20(14-17)15-23(27-18(2)31)24(32)28-22-10-12-30(13-11-22)25(33)29-21-8-6-19(16-26)7-9-21/h3-9,14,22-23H,10-13,15H2,1-2H3,(H,27,31)(H,28,32)(H,29,33)/t23-/m1/s1. The molecule has 0 bridgehead atoms. The molecule has 0 unspecified atom stereocenters. The van der Waals surface area contributed by atoms with Crippen LogP contribution in [0.5, 0.6) is 0 Å². The number of carbonyl (C=O) groups is 3. The molecule has 3 rings (SSSR count). The first-order valence-electron chi connectivity index (χ1n) is 11.0. The summed E-state index contributed by atoms with van der Waals surface area (Å²) in [6.07, 6.45) is 1.67. The Morgan fingerprint density at radius 2 is 1.82 bits per heavy atom. The molecule has 1 aliphatic rings. The molecule has 1 atom stereocenters. The van der Waals surface area contributed by atoms with Crippen LogP contribution < -0.4 is 16.0 Å². The Morgan fingerprint density at radius 3 is 2.42 bits per heavy atom. The zero-order valence-corrected chi connectivity index (χ0v) is 18.9. The van der Waals surface area contributed by atoms with Gasteiger partial charge in [-0.1, -0.05) is 29.8 Å². The van der Waals surface area contributed by atoms with Gasteiger partial charge >= 0.3 is 6.03 Å². The summed E-state index contributed by atoms with van der Waals surface area (Å²) in [6, 6.07) is 15.7. The van der Waals surface area contributed by atoms with Gasteiger partial charge in [-0.25, -0.2) is 4.79 Å². The van der Waals surface area contributed by atoms with E-state index >= 15 is 0 Å². The predicted molar refractivity (Wildman–Crippen MR) is 125 cm³/mol. The number of benzene rings is 2. The molecule has 2 aromatic rings. The van der Waals surface area contributed by atoms with Gasteiger partial charge in [0.15, 0.2) is 0 Å². The smallest absolute Gasteiger partial charge is 0.321 e. The maximum Gasteiger partial charge on any atom is 0.321 e. The molecule has 0 spiro atoms. The minimum atomic E-state index is -0.651. The van der Waals surface area contributed by atoms with Gasteiger partial charge in [0.2, 0.25) is 11.8 Å². The van der Waals surface area contributed by atoms with Crippen LogP contribution in [0.15, 0.2) is 48.5 Å².